The van der Waals surface area contributed by atoms with Crippen LogP contribution in [0.1, 0.15) is 47.7 Å². The summed E-state index contributed by atoms with van der Waals surface area (Å²) in [5, 5.41) is 0. The average molecular weight is 347 g/mol. The van der Waals surface area contributed by atoms with E-state index in [2.05, 4.69) is 29.8 Å². The maximum absolute atomic E-state index is 12.2. The molecule has 0 spiro atoms. The molecule has 0 aromatic heterocycles. The standard InChI is InChI=1S/C18H19BrO2/c1-4-13(3)14-8-9-17(16(19)11-14)21-18(20)15-7-5-6-12(2)10-15/h5-11,13H,4H2,1-3H3. The molecule has 2 rings (SSSR count). The first-order chi connectivity index (χ1) is 10.0. The lowest BCUT2D eigenvalue weighted by atomic mass is 9.99. The van der Waals surface area contributed by atoms with Crippen molar-refractivity contribution in [3.63, 3.8) is 0 Å². The molecule has 0 heterocycles. The Morgan fingerprint density at radius 2 is 2.00 bits per heavy atom. The van der Waals surface area contributed by atoms with Gasteiger partial charge in [-0.1, -0.05) is 37.6 Å². The molecule has 0 saturated carbocycles. The Hall–Kier alpha value is -1.61. The largest absolute Gasteiger partial charge is 0.422 e. The lowest BCUT2D eigenvalue weighted by Gasteiger charge is -2.12. The highest BCUT2D eigenvalue weighted by molar-refractivity contribution is 9.10. The van der Waals surface area contributed by atoms with E-state index in [0.29, 0.717) is 17.2 Å². The molecule has 0 bridgehead atoms. The number of benzene rings is 2. The van der Waals surface area contributed by atoms with Crippen molar-refractivity contribution in [2.75, 3.05) is 0 Å². The molecule has 1 atom stereocenters. The first-order valence-electron chi connectivity index (χ1n) is 7.09. The Morgan fingerprint density at radius 1 is 1.24 bits per heavy atom. The molecule has 0 N–H and O–H groups in total. The second kappa shape index (κ2) is 6.90. The Kier molecular flexibility index (Phi) is 5.18. The van der Waals surface area contributed by atoms with Gasteiger partial charge in [0, 0.05) is 0 Å². The lowest BCUT2D eigenvalue weighted by Crippen LogP contribution is -2.09. The Bertz CT molecular complexity index is 649. The summed E-state index contributed by atoms with van der Waals surface area (Å²) in [5.41, 5.74) is 2.84. The molecule has 0 aliphatic heterocycles. The Labute approximate surface area is 134 Å². The van der Waals surface area contributed by atoms with Crippen LogP contribution in [-0.4, -0.2) is 5.97 Å². The van der Waals surface area contributed by atoms with E-state index in [0.717, 1.165) is 16.5 Å². The molecule has 3 heteroatoms. The van der Waals surface area contributed by atoms with Crippen LogP contribution < -0.4 is 4.74 Å². The first-order valence-corrected chi connectivity index (χ1v) is 7.89. The van der Waals surface area contributed by atoms with E-state index in [9.17, 15) is 4.79 Å². The SMILES string of the molecule is CCC(C)c1ccc(OC(=O)c2cccc(C)c2)c(Br)c1. The minimum absolute atomic E-state index is 0.337. The van der Waals surface area contributed by atoms with Crippen LogP contribution in [0.3, 0.4) is 0 Å². The summed E-state index contributed by atoms with van der Waals surface area (Å²) in [6, 6.07) is 13.3. The molecule has 2 aromatic carbocycles. The third-order valence-corrected chi connectivity index (χ3v) is 4.21. The highest BCUT2D eigenvalue weighted by Crippen LogP contribution is 2.30. The van der Waals surface area contributed by atoms with Crippen molar-refractivity contribution in [3.05, 3.63) is 63.6 Å². The molecular formula is C18H19BrO2. The molecule has 0 amide bonds. The zero-order valence-electron chi connectivity index (χ0n) is 12.5. The highest BCUT2D eigenvalue weighted by atomic mass is 79.9. The van der Waals surface area contributed by atoms with Crippen molar-refractivity contribution < 1.29 is 9.53 Å². The second-order valence-electron chi connectivity index (χ2n) is 5.26. The van der Waals surface area contributed by atoms with Gasteiger partial charge < -0.3 is 4.74 Å². The van der Waals surface area contributed by atoms with Crippen molar-refractivity contribution >= 4 is 21.9 Å². The van der Waals surface area contributed by atoms with Gasteiger partial charge in [-0.15, -0.1) is 0 Å². The van der Waals surface area contributed by atoms with Crippen LogP contribution in [0.4, 0.5) is 0 Å². The van der Waals surface area contributed by atoms with Gasteiger partial charge in [0.15, 0.2) is 0 Å². The zero-order valence-corrected chi connectivity index (χ0v) is 14.1. The van der Waals surface area contributed by atoms with Crippen molar-refractivity contribution in [1.29, 1.82) is 0 Å². The molecule has 0 aliphatic rings. The van der Waals surface area contributed by atoms with Gasteiger partial charge in [0.1, 0.15) is 5.75 Å². The number of carbonyl (C=O) groups is 1. The van der Waals surface area contributed by atoms with Crippen molar-refractivity contribution in [2.45, 2.75) is 33.1 Å². The van der Waals surface area contributed by atoms with E-state index in [1.807, 2.05) is 43.3 Å². The van der Waals surface area contributed by atoms with Crippen LogP contribution in [0, 0.1) is 6.92 Å². The molecule has 0 fully saturated rings. The summed E-state index contributed by atoms with van der Waals surface area (Å²) in [5.74, 6) is 0.701. The number of halogens is 1. The summed E-state index contributed by atoms with van der Waals surface area (Å²) >= 11 is 3.48. The van der Waals surface area contributed by atoms with E-state index < -0.39 is 0 Å². The topological polar surface area (TPSA) is 26.3 Å². The van der Waals surface area contributed by atoms with Gasteiger partial charge in [-0.3, -0.25) is 0 Å². The van der Waals surface area contributed by atoms with Crippen LogP contribution in [0.25, 0.3) is 0 Å². The average Bonchev–Trinajstić information content (AvgIpc) is 2.48. The first kappa shape index (κ1) is 15.8. The Morgan fingerprint density at radius 3 is 2.62 bits per heavy atom. The molecule has 1 unspecified atom stereocenters. The zero-order chi connectivity index (χ0) is 15.4. The summed E-state index contributed by atoms with van der Waals surface area (Å²) in [6.45, 7) is 6.29. The molecule has 0 saturated heterocycles. The minimum atomic E-state index is -0.337. The van der Waals surface area contributed by atoms with Gasteiger partial charge in [-0.25, -0.2) is 4.79 Å². The molecule has 0 radical (unpaired) electrons. The molecule has 110 valence electrons. The van der Waals surface area contributed by atoms with Gasteiger partial charge in [0.25, 0.3) is 0 Å². The van der Waals surface area contributed by atoms with Crippen LogP contribution in [0.5, 0.6) is 5.75 Å². The van der Waals surface area contributed by atoms with E-state index >= 15 is 0 Å². The predicted molar refractivity (Wildman–Crippen MR) is 89.0 cm³/mol. The number of ether oxygens (including phenoxy) is 1. The van der Waals surface area contributed by atoms with E-state index in [4.69, 9.17) is 4.74 Å². The van der Waals surface area contributed by atoms with Gasteiger partial charge in [0.2, 0.25) is 0 Å². The lowest BCUT2D eigenvalue weighted by molar-refractivity contribution is 0.0733. The fourth-order valence-electron chi connectivity index (χ4n) is 2.07. The monoisotopic (exact) mass is 346 g/mol. The molecule has 21 heavy (non-hydrogen) atoms. The third-order valence-electron chi connectivity index (χ3n) is 3.59. The quantitative estimate of drug-likeness (QED) is 0.540. The minimum Gasteiger partial charge on any atom is -0.422 e. The summed E-state index contributed by atoms with van der Waals surface area (Å²) in [7, 11) is 0. The summed E-state index contributed by atoms with van der Waals surface area (Å²) in [6.07, 6.45) is 1.08. The highest BCUT2D eigenvalue weighted by Gasteiger charge is 2.12. The van der Waals surface area contributed by atoms with E-state index in [1.165, 1.54) is 5.56 Å². The maximum atomic E-state index is 12.2. The smallest absolute Gasteiger partial charge is 0.343 e. The summed E-state index contributed by atoms with van der Waals surface area (Å²) in [4.78, 5) is 12.2. The van der Waals surface area contributed by atoms with Gasteiger partial charge in [-0.05, 0) is 65.0 Å². The van der Waals surface area contributed by atoms with E-state index in [-0.39, 0.29) is 5.97 Å². The van der Waals surface area contributed by atoms with Gasteiger partial charge in [0.05, 0.1) is 10.0 Å². The second-order valence-corrected chi connectivity index (χ2v) is 6.11. The van der Waals surface area contributed by atoms with Crippen molar-refractivity contribution in [1.82, 2.24) is 0 Å². The summed E-state index contributed by atoms with van der Waals surface area (Å²) < 4.78 is 6.28. The van der Waals surface area contributed by atoms with Crippen molar-refractivity contribution in [3.8, 4) is 5.75 Å². The number of hydrogen-bond donors (Lipinski definition) is 0. The number of carbonyl (C=O) groups excluding carboxylic acids is 1. The molecule has 2 nitrogen and oxygen atoms in total. The van der Waals surface area contributed by atoms with Crippen LogP contribution >= 0.6 is 15.9 Å². The fraction of sp³-hybridized carbons (Fsp3) is 0.278. The van der Waals surface area contributed by atoms with E-state index in [1.54, 1.807) is 6.07 Å². The maximum Gasteiger partial charge on any atom is 0.343 e. The number of hydrogen-bond acceptors (Lipinski definition) is 2. The van der Waals surface area contributed by atoms with Crippen molar-refractivity contribution in [2.24, 2.45) is 0 Å². The fourth-order valence-corrected chi connectivity index (χ4v) is 2.55. The number of esters is 1. The molecular weight excluding hydrogens is 328 g/mol. The molecule has 2 aromatic rings. The normalized spacial score (nSPS) is 12.0. The molecule has 0 aliphatic carbocycles. The predicted octanol–water partition coefficient (Wildman–Crippen LogP) is 5.49. The third kappa shape index (κ3) is 3.94. The van der Waals surface area contributed by atoms with Gasteiger partial charge >= 0.3 is 5.97 Å². The van der Waals surface area contributed by atoms with Crippen LogP contribution in [-0.2, 0) is 0 Å². The Balaban J connectivity index is 2.18. The van der Waals surface area contributed by atoms with Gasteiger partial charge in [-0.2, -0.15) is 0 Å². The van der Waals surface area contributed by atoms with Crippen LogP contribution in [0.15, 0.2) is 46.9 Å². The number of aryl methyl sites for hydroxylation is 1. The number of rotatable bonds is 4. The van der Waals surface area contributed by atoms with Crippen LogP contribution in [0.2, 0.25) is 0 Å².